The third-order valence-electron chi connectivity index (χ3n) is 3.56. The van der Waals surface area contributed by atoms with E-state index in [1.807, 2.05) is 13.0 Å². The molecule has 1 atom stereocenters. The molecule has 0 aliphatic carbocycles. The fourth-order valence-corrected chi connectivity index (χ4v) is 2.40. The molecule has 0 aromatic heterocycles. The smallest absolute Gasteiger partial charge is 0.246 e. The lowest BCUT2D eigenvalue weighted by Gasteiger charge is -2.14. The molecule has 0 bridgehead atoms. The van der Waals surface area contributed by atoms with Gasteiger partial charge in [0, 0.05) is 30.9 Å². The number of nitrogens with zero attached hydrogens (tertiary/aromatic N) is 1. The van der Waals surface area contributed by atoms with Gasteiger partial charge in [-0.15, -0.1) is 30.4 Å². The number of carbonyl (C=O) groups is 1. The molecule has 3 N–H and O–H groups in total. The number of hydrogen-bond donors (Lipinski definition) is 3. The van der Waals surface area contributed by atoms with E-state index in [-0.39, 0.29) is 42.5 Å². The molecule has 1 aliphatic heterocycles. The number of carbonyl (C=O) groups excluding carboxylic acids is 1. The highest BCUT2D eigenvalue weighted by molar-refractivity contribution is 14.0. The lowest BCUT2D eigenvalue weighted by atomic mass is 10.2. The van der Waals surface area contributed by atoms with Crippen LogP contribution in [-0.4, -0.2) is 44.2 Å². The summed E-state index contributed by atoms with van der Waals surface area (Å²) in [7, 11) is 0. The molecule has 1 unspecified atom stereocenters. The minimum atomic E-state index is -0.196. The van der Waals surface area contributed by atoms with E-state index in [1.165, 1.54) is 0 Å². The van der Waals surface area contributed by atoms with E-state index in [0.717, 1.165) is 31.6 Å². The van der Waals surface area contributed by atoms with Gasteiger partial charge < -0.3 is 20.7 Å². The van der Waals surface area contributed by atoms with Gasteiger partial charge in [-0.25, -0.2) is 4.99 Å². The molecule has 1 aliphatic rings. The quantitative estimate of drug-likeness (QED) is 0.265. The maximum atomic E-state index is 12.0. The van der Waals surface area contributed by atoms with Crippen molar-refractivity contribution in [2.24, 2.45) is 4.99 Å². The Labute approximate surface area is 166 Å². The summed E-state index contributed by atoms with van der Waals surface area (Å²) < 4.78 is 5.57. The van der Waals surface area contributed by atoms with Crippen LogP contribution in [0.25, 0.3) is 0 Å². The monoisotopic (exact) mass is 456 g/mol. The third kappa shape index (κ3) is 7.75. The van der Waals surface area contributed by atoms with E-state index >= 15 is 0 Å². The van der Waals surface area contributed by atoms with Gasteiger partial charge in [0.2, 0.25) is 5.91 Å². The van der Waals surface area contributed by atoms with Gasteiger partial charge in [0.15, 0.2) is 5.96 Å². The summed E-state index contributed by atoms with van der Waals surface area (Å²) in [4.78, 5) is 16.3. The summed E-state index contributed by atoms with van der Waals surface area (Å²) in [6, 6.07) is 7.17. The number of anilines is 1. The fraction of sp³-hybridized carbons (Fsp3) is 0.444. The number of guanidine groups is 1. The Kier molecular flexibility index (Phi) is 9.96. The van der Waals surface area contributed by atoms with Gasteiger partial charge in [-0.3, -0.25) is 4.79 Å². The Morgan fingerprint density at radius 1 is 1.44 bits per heavy atom. The first-order valence-corrected chi connectivity index (χ1v) is 8.21. The third-order valence-corrected chi connectivity index (χ3v) is 3.56. The predicted octanol–water partition coefficient (Wildman–Crippen LogP) is 1.96. The average molecular weight is 456 g/mol. The lowest BCUT2D eigenvalue weighted by molar-refractivity contribution is -0.114. The van der Waals surface area contributed by atoms with Gasteiger partial charge in [0.1, 0.15) is 6.54 Å². The van der Waals surface area contributed by atoms with Crippen molar-refractivity contribution in [2.75, 3.05) is 31.6 Å². The molecule has 1 amide bonds. The number of halogens is 1. The maximum absolute atomic E-state index is 12.0. The first kappa shape index (κ1) is 21.3. The zero-order chi connectivity index (χ0) is 17.2. The second-order valence-corrected chi connectivity index (χ2v) is 5.48. The first-order chi connectivity index (χ1) is 11.7. The molecule has 2 rings (SSSR count). The summed E-state index contributed by atoms with van der Waals surface area (Å²) in [5.41, 5.74) is 1.39. The van der Waals surface area contributed by atoms with Crippen LogP contribution in [0.2, 0.25) is 0 Å². The highest BCUT2D eigenvalue weighted by Gasteiger charge is 2.15. The van der Waals surface area contributed by atoms with Crippen LogP contribution in [0.5, 0.6) is 0 Å². The van der Waals surface area contributed by atoms with E-state index in [9.17, 15) is 4.79 Å². The van der Waals surface area contributed by atoms with Gasteiger partial charge in [-0.05, 0) is 38.0 Å². The number of terminal acetylenes is 1. The molecular weight excluding hydrogens is 431 g/mol. The van der Waals surface area contributed by atoms with Crippen LogP contribution in [0.3, 0.4) is 0 Å². The largest absolute Gasteiger partial charge is 0.376 e. The van der Waals surface area contributed by atoms with Crippen molar-refractivity contribution in [3.05, 3.63) is 29.8 Å². The summed E-state index contributed by atoms with van der Waals surface area (Å²) in [5.74, 6) is 2.96. The number of nitrogens with one attached hydrogen (secondary N) is 3. The van der Waals surface area contributed by atoms with Crippen LogP contribution in [0.4, 0.5) is 5.69 Å². The van der Waals surface area contributed by atoms with Crippen molar-refractivity contribution in [3.63, 3.8) is 0 Å². The fourth-order valence-electron chi connectivity index (χ4n) is 2.40. The highest BCUT2D eigenvalue weighted by Crippen LogP contribution is 2.10. The molecule has 6 nitrogen and oxygen atoms in total. The Bertz CT molecular complexity index is 622. The Balaban J connectivity index is 0.00000312. The SMILES string of the molecule is C#Cc1cccc(NC(=O)CN=C(NCC)NCC2CCCO2)c1.I. The van der Waals surface area contributed by atoms with Crippen LogP contribution < -0.4 is 16.0 Å². The highest BCUT2D eigenvalue weighted by atomic mass is 127. The number of ether oxygens (including phenoxy) is 1. The van der Waals surface area contributed by atoms with Gasteiger partial charge >= 0.3 is 0 Å². The van der Waals surface area contributed by atoms with Gasteiger partial charge in [0.05, 0.1) is 6.10 Å². The van der Waals surface area contributed by atoms with E-state index in [1.54, 1.807) is 18.2 Å². The first-order valence-electron chi connectivity index (χ1n) is 8.21. The molecule has 1 heterocycles. The number of hydrogen-bond acceptors (Lipinski definition) is 3. The summed E-state index contributed by atoms with van der Waals surface area (Å²) in [6.45, 7) is 4.25. The topological polar surface area (TPSA) is 74.8 Å². The summed E-state index contributed by atoms with van der Waals surface area (Å²) >= 11 is 0. The maximum Gasteiger partial charge on any atom is 0.246 e. The van der Waals surface area contributed by atoms with Crippen LogP contribution in [0.15, 0.2) is 29.3 Å². The number of rotatable bonds is 6. The van der Waals surface area contributed by atoms with Crippen molar-refractivity contribution >= 4 is 41.5 Å². The molecule has 1 aromatic rings. The van der Waals surface area contributed by atoms with Crippen molar-refractivity contribution in [1.82, 2.24) is 10.6 Å². The van der Waals surface area contributed by atoms with Crippen molar-refractivity contribution in [1.29, 1.82) is 0 Å². The Hall–Kier alpha value is -1.79. The number of aliphatic imine (C=N–C) groups is 1. The van der Waals surface area contributed by atoms with Crippen LogP contribution in [0, 0.1) is 12.3 Å². The van der Waals surface area contributed by atoms with Gasteiger partial charge in [-0.2, -0.15) is 0 Å². The van der Waals surface area contributed by atoms with Crippen molar-refractivity contribution < 1.29 is 9.53 Å². The minimum Gasteiger partial charge on any atom is -0.376 e. The average Bonchev–Trinajstić information content (AvgIpc) is 3.11. The van der Waals surface area contributed by atoms with E-state index < -0.39 is 0 Å². The molecule has 1 aromatic carbocycles. The molecular formula is C18H25IN4O2. The molecule has 1 saturated heterocycles. The standard InChI is InChI=1S/C18H24N4O2.HI/c1-3-14-7-5-8-15(11-14)22-17(23)13-21-18(19-4-2)20-12-16-9-6-10-24-16;/h1,5,7-8,11,16H,4,6,9-10,12-13H2,2H3,(H,22,23)(H2,19,20,21);1H. The summed E-state index contributed by atoms with van der Waals surface area (Å²) in [5, 5.41) is 9.12. The zero-order valence-electron chi connectivity index (χ0n) is 14.4. The lowest BCUT2D eigenvalue weighted by Crippen LogP contribution is -2.41. The van der Waals surface area contributed by atoms with Crippen LogP contribution in [-0.2, 0) is 9.53 Å². The van der Waals surface area contributed by atoms with Gasteiger partial charge in [0.25, 0.3) is 0 Å². The molecule has 0 saturated carbocycles. The van der Waals surface area contributed by atoms with E-state index in [4.69, 9.17) is 11.2 Å². The Morgan fingerprint density at radius 3 is 2.96 bits per heavy atom. The number of amides is 1. The molecule has 0 spiro atoms. The van der Waals surface area contributed by atoms with E-state index in [2.05, 4.69) is 26.9 Å². The normalized spacial score (nSPS) is 16.5. The van der Waals surface area contributed by atoms with Gasteiger partial charge in [-0.1, -0.05) is 12.0 Å². The molecule has 0 radical (unpaired) electrons. The molecule has 7 heteroatoms. The zero-order valence-corrected chi connectivity index (χ0v) is 16.7. The molecule has 25 heavy (non-hydrogen) atoms. The number of benzene rings is 1. The molecule has 1 fully saturated rings. The second-order valence-electron chi connectivity index (χ2n) is 5.48. The minimum absolute atomic E-state index is 0. The van der Waals surface area contributed by atoms with Crippen molar-refractivity contribution in [3.8, 4) is 12.3 Å². The predicted molar refractivity (Wildman–Crippen MR) is 111 cm³/mol. The van der Waals surface area contributed by atoms with E-state index in [0.29, 0.717) is 18.2 Å². The Morgan fingerprint density at radius 2 is 2.28 bits per heavy atom. The van der Waals surface area contributed by atoms with Crippen LogP contribution in [0.1, 0.15) is 25.3 Å². The second kappa shape index (κ2) is 11.7. The molecule has 136 valence electrons. The van der Waals surface area contributed by atoms with Crippen molar-refractivity contribution in [2.45, 2.75) is 25.9 Å². The summed E-state index contributed by atoms with van der Waals surface area (Å²) in [6.07, 6.45) is 7.72. The van der Waals surface area contributed by atoms with Crippen LogP contribution >= 0.6 is 24.0 Å².